The van der Waals surface area contributed by atoms with Gasteiger partial charge in [-0.2, -0.15) is 5.26 Å². The van der Waals surface area contributed by atoms with Crippen molar-refractivity contribution in [3.63, 3.8) is 0 Å². The Bertz CT molecular complexity index is 1640. The van der Waals surface area contributed by atoms with Crippen LogP contribution in [0.3, 0.4) is 0 Å². The number of nitriles is 1. The zero-order chi connectivity index (χ0) is 27.8. The van der Waals surface area contributed by atoms with Crippen LogP contribution in [-0.2, 0) is 21.4 Å². The van der Waals surface area contributed by atoms with Crippen molar-refractivity contribution in [1.29, 1.82) is 5.26 Å². The van der Waals surface area contributed by atoms with Gasteiger partial charge in [-0.15, -0.1) is 0 Å². The fourth-order valence-electron chi connectivity index (χ4n) is 3.86. The molecule has 8 heteroatoms. The number of rotatable bonds is 9. The molecule has 1 amide bonds. The normalized spacial score (nSPS) is 11.4. The second-order valence-corrected chi connectivity index (χ2v) is 10.5. The van der Waals surface area contributed by atoms with Gasteiger partial charge in [-0.3, -0.25) is 9.52 Å². The Balaban J connectivity index is 1.47. The predicted octanol–water partition coefficient (Wildman–Crippen LogP) is 6.23. The maximum Gasteiger partial charge on any atom is 0.266 e. The molecule has 0 unspecified atom stereocenters. The number of carbonyl (C=O) groups excluding carboxylic acids is 1. The van der Waals surface area contributed by atoms with Gasteiger partial charge in [0.1, 0.15) is 24.0 Å². The molecular weight excluding hydrogens is 510 g/mol. The summed E-state index contributed by atoms with van der Waals surface area (Å²) >= 11 is 0. The van der Waals surface area contributed by atoms with Gasteiger partial charge in [0.05, 0.1) is 10.6 Å². The Hall–Kier alpha value is -4.87. The Kier molecular flexibility index (Phi) is 8.44. The van der Waals surface area contributed by atoms with E-state index in [0.29, 0.717) is 29.3 Å². The van der Waals surface area contributed by atoms with E-state index in [0.717, 1.165) is 16.7 Å². The maximum absolute atomic E-state index is 12.9. The fraction of sp³-hybridized carbons (Fsp3) is 0.0968. The molecule has 0 heterocycles. The molecule has 0 saturated carbocycles. The first-order valence-corrected chi connectivity index (χ1v) is 13.6. The SMILES string of the molecule is Cc1cccc(C)c1NS(=O)(=O)c1ccc(NC(=O)/C(C#N)=C/c2ccccc2OCc2ccccc2)cc1. The number of nitrogens with one attached hydrogen (secondary N) is 2. The predicted molar refractivity (Wildman–Crippen MR) is 153 cm³/mol. The van der Waals surface area contributed by atoms with Gasteiger partial charge in [-0.05, 0) is 66.9 Å². The van der Waals surface area contributed by atoms with Crippen LogP contribution in [0.1, 0.15) is 22.3 Å². The van der Waals surface area contributed by atoms with Gasteiger partial charge < -0.3 is 10.1 Å². The Morgan fingerprint density at radius 3 is 2.18 bits per heavy atom. The number of ether oxygens (including phenoxy) is 1. The van der Waals surface area contributed by atoms with Crippen molar-refractivity contribution in [1.82, 2.24) is 0 Å². The van der Waals surface area contributed by atoms with Crippen molar-refractivity contribution in [2.24, 2.45) is 0 Å². The van der Waals surface area contributed by atoms with Crippen molar-refractivity contribution in [3.8, 4) is 11.8 Å². The second kappa shape index (κ2) is 12.1. The molecule has 0 aliphatic carbocycles. The molecule has 0 saturated heterocycles. The van der Waals surface area contributed by atoms with Gasteiger partial charge in [-0.25, -0.2) is 8.42 Å². The molecule has 0 radical (unpaired) electrons. The number of sulfonamides is 1. The summed E-state index contributed by atoms with van der Waals surface area (Å²) in [7, 11) is -3.84. The molecule has 0 bridgehead atoms. The van der Waals surface area contributed by atoms with E-state index in [2.05, 4.69) is 10.0 Å². The van der Waals surface area contributed by atoms with Gasteiger partial charge in [0, 0.05) is 11.3 Å². The number of amides is 1. The molecular formula is C31H27N3O4S. The smallest absolute Gasteiger partial charge is 0.266 e. The minimum absolute atomic E-state index is 0.0451. The standard InChI is InChI=1S/C31H27N3O4S/c1-22-9-8-10-23(2)30(22)34-39(36,37)28-17-15-27(16-18-28)33-31(35)26(20-32)19-25-13-6-7-14-29(25)38-21-24-11-4-3-5-12-24/h3-19,34H,21H2,1-2H3,(H,33,35)/b26-19+. The minimum Gasteiger partial charge on any atom is -0.488 e. The zero-order valence-corrected chi connectivity index (χ0v) is 22.3. The van der Waals surface area contributed by atoms with Crippen LogP contribution in [0, 0.1) is 25.2 Å². The molecule has 0 fully saturated rings. The summed E-state index contributed by atoms with van der Waals surface area (Å²) in [6.45, 7) is 4.00. The first-order chi connectivity index (χ1) is 18.8. The van der Waals surface area contributed by atoms with E-state index in [-0.39, 0.29) is 10.5 Å². The van der Waals surface area contributed by atoms with Crippen molar-refractivity contribution < 1.29 is 17.9 Å². The summed E-state index contributed by atoms with van der Waals surface area (Å²) in [6.07, 6.45) is 1.46. The lowest BCUT2D eigenvalue weighted by Gasteiger charge is -2.13. The Morgan fingerprint density at radius 1 is 0.872 bits per heavy atom. The lowest BCUT2D eigenvalue weighted by molar-refractivity contribution is -0.112. The number of hydrogen-bond donors (Lipinski definition) is 2. The number of aryl methyl sites for hydroxylation is 2. The van der Waals surface area contributed by atoms with E-state index < -0.39 is 15.9 Å². The minimum atomic E-state index is -3.84. The molecule has 39 heavy (non-hydrogen) atoms. The highest BCUT2D eigenvalue weighted by Crippen LogP contribution is 2.25. The Labute approximate surface area is 228 Å². The third-order valence-corrected chi connectivity index (χ3v) is 7.33. The topological polar surface area (TPSA) is 108 Å². The number of para-hydroxylation sites is 2. The number of anilines is 2. The summed E-state index contributed by atoms with van der Waals surface area (Å²) in [5, 5.41) is 12.3. The number of nitrogens with zero attached hydrogens (tertiary/aromatic N) is 1. The van der Waals surface area contributed by atoms with E-state index in [1.54, 1.807) is 18.2 Å². The first-order valence-electron chi connectivity index (χ1n) is 12.1. The van der Waals surface area contributed by atoms with E-state index in [1.807, 2.05) is 74.5 Å². The highest BCUT2D eigenvalue weighted by atomic mass is 32.2. The molecule has 0 atom stereocenters. The van der Waals surface area contributed by atoms with Crippen LogP contribution in [-0.4, -0.2) is 14.3 Å². The number of hydrogen-bond acceptors (Lipinski definition) is 5. The molecule has 196 valence electrons. The maximum atomic E-state index is 12.9. The highest BCUT2D eigenvalue weighted by molar-refractivity contribution is 7.92. The second-order valence-electron chi connectivity index (χ2n) is 8.83. The number of benzene rings is 4. The molecule has 2 N–H and O–H groups in total. The molecule has 0 aromatic heterocycles. The third kappa shape index (κ3) is 6.92. The van der Waals surface area contributed by atoms with Crippen LogP contribution in [0.2, 0.25) is 0 Å². The summed E-state index contributed by atoms with van der Waals surface area (Å²) in [6, 6.07) is 30.0. The fourth-order valence-corrected chi connectivity index (χ4v) is 5.06. The van der Waals surface area contributed by atoms with Gasteiger partial charge in [-0.1, -0.05) is 66.7 Å². The van der Waals surface area contributed by atoms with E-state index in [4.69, 9.17) is 4.74 Å². The van der Waals surface area contributed by atoms with Crippen LogP contribution in [0.15, 0.2) is 108 Å². The number of carbonyl (C=O) groups is 1. The highest BCUT2D eigenvalue weighted by Gasteiger charge is 2.17. The largest absolute Gasteiger partial charge is 0.488 e. The van der Waals surface area contributed by atoms with Gasteiger partial charge in [0.25, 0.3) is 15.9 Å². The summed E-state index contributed by atoms with van der Waals surface area (Å²) in [4.78, 5) is 12.9. The molecule has 4 aromatic rings. The summed E-state index contributed by atoms with van der Waals surface area (Å²) < 4.78 is 34.4. The lowest BCUT2D eigenvalue weighted by Crippen LogP contribution is -2.16. The van der Waals surface area contributed by atoms with Crippen LogP contribution < -0.4 is 14.8 Å². The van der Waals surface area contributed by atoms with Crippen molar-refractivity contribution in [3.05, 3.63) is 125 Å². The van der Waals surface area contributed by atoms with E-state index in [1.165, 1.54) is 30.3 Å². The quantitative estimate of drug-likeness (QED) is 0.194. The average Bonchev–Trinajstić information content (AvgIpc) is 2.94. The molecule has 0 spiro atoms. The summed E-state index contributed by atoms with van der Waals surface area (Å²) in [5.41, 5.74) is 3.95. The average molecular weight is 538 g/mol. The molecule has 4 aromatic carbocycles. The molecule has 0 aliphatic rings. The summed E-state index contributed by atoms with van der Waals surface area (Å²) in [5.74, 6) is -0.0903. The zero-order valence-electron chi connectivity index (χ0n) is 21.5. The van der Waals surface area contributed by atoms with E-state index >= 15 is 0 Å². The van der Waals surface area contributed by atoms with Crippen LogP contribution in [0.4, 0.5) is 11.4 Å². The van der Waals surface area contributed by atoms with Gasteiger partial charge in [0.2, 0.25) is 0 Å². The molecule has 4 rings (SSSR count). The van der Waals surface area contributed by atoms with Gasteiger partial charge in [0.15, 0.2) is 0 Å². The third-order valence-electron chi connectivity index (χ3n) is 5.96. The molecule has 0 aliphatic heterocycles. The van der Waals surface area contributed by atoms with Crippen molar-refractivity contribution >= 4 is 33.4 Å². The molecule has 7 nitrogen and oxygen atoms in total. The van der Waals surface area contributed by atoms with Crippen molar-refractivity contribution in [2.75, 3.05) is 10.0 Å². The van der Waals surface area contributed by atoms with Gasteiger partial charge >= 0.3 is 0 Å². The van der Waals surface area contributed by atoms with Crippen LogP contribution in [0.5, 0.6) is 5.75 Å². The van der Waals surface area contributed by atoms with Crippen LogP contribution in [0.25, 0.3) is 6.08 Å². The van der Waals surface area contributed by atoms with Crippen LogP contribution >= 0.6 is 0 Å². The lowest BCUT2D eigenvalue weighted by atomic mass is 10.1. The Morgan fingerprint density at radius 2 is 1.51 bits per heavy atom. The van der Waals surface area contributed by atoms with E-state index in [9.17, 15) is 18.5 Å². The van der Waals surface area contributed by atoms with Crippen molar-refractivity contribution in [2.45, 2.75) is 25.3 Å². The monoisotopic (exact) mass is 537 g/mol. The first kappa shape index (κ1) is 27.2.